The summed E-state index contributed by atoms with van der Waals surface area (Å²) in [5.41, 5.74) is 5.81. The number of hydrogen-bond acceptors (Lipinski definition) is 4. The molecular formula is C23H23N3O2. The second-order valence-corrected chi connectivity index (χ2v) is 8.11. The van der Waals surface area contributed by atoms with E-state index in [0.717, 1.165) is 30.0 Å². The molecule has 0 fully saturated rings. The van der Waals surface area contributed by atoms with E-state index in [0.29, 0.717) is 11.1 Å². The van der Waals surface area contributed by atoms with Gasteiger partial charge in [0.1, 0.15) is 11.6 Å². The fourth-order valence-corrected chi connectivity index (χ4v) is 4.56. The van der Waals surface area contributed by atoms with E-state index in [1.54, 1.807) is 13.0 Å². The van der Waals surface area contributed by atoms with Crippen molar-refractivity contribution < 1.29 is 9.59 Å². The Hall–Kier alpha value is -3.13. The van der Waals surface area contributed by atoms with Gasteiger partial charge in [-0.15, -0.1) is 0 Å². The van der Waals surface area contributed by atoms with Crippen LogP contribution in [0.3, 0.4) is 0 Å². The van der Waals surface area contributed by atoms with Crippen LogP contribution in [0.15, 0.2) is 52.8 Å². The molecule has 0 bridgehead atoms. The molecule has 5 heteroatoms. The van der Waals surface area contributed by atoms with Gasteiger partial charge in [0.25, 0.3) is 11.8 Å². The third kappa shape index (κ3) is 2.37. The Morgan fingerprint density at radius 1 is 1.18 bits per heavy atom. The largest absolute Gasteiger partial charge is 0.344 e. The third-order valence-corrected chi connectivity index (χ3v) is 6.17. The fraction of sp³-hybridized carbons (Fsp3) is 0.348. The Balaban J connectivity index is 1.85. The van der Waals surface area contributed by atoms with Crippen LogP contribution < -0.4 is 4.90 Å². The van der Waals surface area contributed by atoms with Crippen LogP contribution in [0.2, 0.25) is 0 Å². The van der Waals surface area contributed by atoms with Gasteiger partial charge in [0.15, 0.2) is 0 Å². The number of nitriles is 1. The summed E-state index contributed by atoms with van der Waals surface area (Å²) >= 11 is 0. The van der Waals surface area contributed by atoms with Crippen molar-refractivity contribution >= 4 is 17.5 Å². The predicted molar refractivity (Wildman–Crippen MR) is 107 cm³/mol. The molecule has 0 spiro atoms. The lowest BCUT2D eigenvalue weighted by atomic mass is 9.83. The highest BCUT2D eigenvalue weighted by molar-refractivity contribution is 6.17. The lowest BCUT2D eigenvalue weighted by Crippen LogP contribution is -2.39. The van der Waals surface area contributed by atoms with Crippen LogP contribution in [0.1, 0.15) is 38.3 Å². The Kier molecular flexibility index (Phi) is 4.04. The summed E-state index contributed by atoms with van der Waals surface area (Å²) in [4.78, 5) is 28.2. The molecule has 0 saturated carbocycles. The number of carbonyl (C=O) groups excluding carboxylic acids is 2. The van der Waals surface area contributed by atoms with E-state index >= 15 is 0 Å². The highest BCUT2D eigenvalue weighted by atomic mass is 16.2. The molecule has 3 aliphatic heterocycles. The van der Waals surface area contributed by atoms with E-state index < -0.39 is 5.91 Å². The number of aryl methyl sites for hydroxylation is 1. The zero-order valence-corrected chi connectivity index (χ0v) is 16.7. The summed E-state index contributed by atoms with van der Waals surface area (Å²) in [6, 6.07) is 8.44. The van der Waals surface area contributed by atoms with Gasteiger partial charge in [-0.25, -0.2) is 0 Å². The molecule has 1 aromatic carbocycles. The van der Waals surface area contributed by atoms with Crippen LogP contribution >= 0.6 is 0 Å². The van der Waals surface area contributed by atoms with Gasteiger partial charge in [0.2, 0.25) is 0 Å². The van der Waals surface area contributed by atoms with Crippen LogP contribution in [0.25, 0.3) is 0 Å². The Labute approximate surface area is 165 Å². The number of imide groups is 1. The van der Waals surface area contributed by atoms with Crippen LogP contribution in [0, 0.1) is 11.3 Å². The summed E-state index contributed by atoms with van der Waals surface area (Å²) < 4.78 is 0. The second kappa shape index (κ2) is 6.20. The van der Waals surface area contributed by atoms with E-state index in [-0.39, 0.29) is 16.9 Å². The molecule has 0 aromatic heterocycles. The number of carbonyl (C=O) groups is 2. The van der Waals surface area contributed by atoms with E-state index in [1.165, 1.54) is 23.9 Å². The van der Waals surface area contributed by atoms with Crippen molar-refractivity contribution in [1.29, 1.82) is 5.26 Å². The minimum absolute atomic E-state index is 0.0287. The molecule has 28 heavy (non-hydrogen) atoms. The van der Waals surface area contributed by atoms with Gasteiger partial charge >= 0.3 is 0 Å². The first kappa shape index (κ1) is 18.2. The van der Waals surface area contributed by atoms with Gasteiger partial charge < -0.3 is 4.90 Å². The summed E-state index contributed by atoms with van der Waals surface area (Å²) in [5.74, 6) is -0.907. The van der Waals surface area contributed by atoms with Gasteiger partial charge in [-0.3, -0.25) is 14.5 Å². The summed E-state index contributed by atoms with van der Waals surface area (Å²) in [7, 11) is 1.42. The number of rotatable bonds is 1. The molecule has 0 aliphatic carbocycles. The van der Waals surface area contributed by atoms with Gasteiger partial charge in [-0.1, -0.05) is 32.0 Å². The molecule has 0 atom stereocenters. The maximum Gasteiger partial charge on any atom is 0.271 e. The van der Waals surface area contributed by atoms with Gasteiger partial charge in [-0.05, 0) is 48.6 Å². The summed E-state index contributed by atoms with van der Waals surface area (Å²) in [6.45, 7) is 7.02. The van der Waals surface area contributed by atoms with Crippen molar-refractivity contribution in [2.24, 2.45) is 0 Å². The molecule has 3 heterocycles. The molecule has 0 saturated heterocycles. The number of benzene rings is 1. The third-order valence-electron chi connectivity index (χ3n) is 6.17. The minimum Gasteiger partial charge on any atom is -0.344 e. The topological polar surface area (TPSA) is 64.4 Å². The molecule has 0 unspecified atom stereocenters. The van der Waals surface area contributed by atoms with Crippen LogP contribution in [0.4, 0.5) is 5.69 Å². The van der Waals surface area contributed by atoms with E-state index in [1.807, 2.05) is 12.1 Å². The van der Waals surface area contributed by atoms with Crippen LogP contribution in [0.5, 0.6) is 0 Å². The van der Waals surface area contributed by atoms with Crippen molar-refractivity contribution in [2.75, 3.05) is 18.5 Å². The SMILES string of the molecule is CC1=C(C#N)C(=O)N(C)C(=O)/C1=C\C=C1/N2CCCc3cccc(c32)C1(C)C. The number of likely N-dealkylation sites (N-methyl/N-ethyl adjacent to an activating group) is 1. The molecule has 1 aromatic rings. The summed E-state index contributed by atoms with van der Waals surface area (Å²) in [5, 5.41) is 9.34. The standard InChI is InChI=1S/C23H23N3O2/c1-14-16(21(27)25(4)22(28)17(14)13-24)10-11-19-23(2,3)18-9-5-7-15-8-6-12-26(19)20(15)18/h5,7,9-11H,6,8,12H2,1-4H3/b16-10-,19-11-. The van der Waals surface area contributed by atoms with Gasteiger partial charge in [-0.2, -0.15) is 5.26 Å². The zero-order chi connectivity index (χ0) is 20.2. The molecule has 142 valence electrons. The van der Waals surface area contributed by atoms with Crippen molar-refractivity contribution in [1.82, 2.24) is 4.90 Å². The smallest absolute Gasteiger partial charge is 0.271 e. The normalized spacial score (nSPS) is 23.5. The zero-order valence-electron chi connectivity index (χ0n) is 16.7. The first-order valence-electron chi connectivity index (χ1n) is 9.55. The van der Waals surface area contributed by atoms with Crippen LogP contribution in [-0.4, -0.2) is 30.3 Å². The van der Waals surface area contributed by atoms with Crippen molar-refractivity contribution in [3.8, 4) is 6.07 Å². The predicted octanol–water partition coefficient (Wildman–Crippen LogP) is 3.38. The lowest BCUT2D eigenvalue weighted by Gasteiger charge is -2.30. The molecule has 0 radical (unpaired) electrons. The molecule has 2 amide bonds. The number of para-hydroxylation sites is 1. The molecule has 4 rings (SSSR count). The van der Waals surface area contributed by atoms with E-state index in [2.05, 4.69) is 36.9 Å². The van der Waals surface area contributed by atoms with E-state index in [4.69, 9.17) is 0 Å². The number of hydrogen-bond donors (Lipinski definition) is 0. The second-order valence-electron chi connectivity index (χ2n) is 8.11. The van der Waals surface area contributed by atoms with Crippen molar-refractivity contribution in [3.63, 3.8) is 0 Å². The minimum atomic E-state index is -0.538. The number of allylic oxidation sites excluding steroid dienone is 3. The lowest BCUT2D eigenvalue weighted by molar-refractivity contribution is -0.138. The van der Waals surface area contributed by atoms with Crippen LogP contribution in [-0.2, 0) is 21.4 Å². The molecule has 3 aliphatic rings. The average Bonchev–Trinajstić information content (AvgIpc) is 2.90. The first-order chi connectivity index (χ1) is 13.3. The number of amides is 2. The quantitative estimate of drug-likeness (QED) is 0.559. The molecular weight excluding hydrogens is 350 g/mol. The average molecular weight is 373 g/mol. The van der Waals surface area contributed by atoms with Crippen molar-refractivity contribution in [2.45, 2.75) is 39.0 Å². The summed E-state index contributed by atoms with van der Waals surface area (Å²) in [6.07, 6.45) is 5.94. The Morgan fingerprint density at radius 3 is 2.64 bits per heavy atom. The molecule has 5 nitrogen and oxygen atoms in total. The maximum atomic E-state index is 12.7. The van der Waals surface area contributed by atoms with E-state index in [9.17, 15) is 14.9 Å². The number of nitrogens with zero attached hydrogens (tertiary/aromatic N) is 3. The van der Waals surface area contributed by atoms with Gasteiger partial charge in [0, 0.05) is 36.0 Å². The Morgan fingerprint density at radius 2 is 1.93 bits per heavy atom. The first-order valence-corrected chi connectivity index (χ1v) is 9.55. The Bertz CT molecular complexity index is 1050. The van der Waals surface area contributed by atoms with Crippen molar-refractivity contribution in [3.05, 3.63) is 63.9 Å². The highest BCUT2D eigenvalue weighted by Crippen LogP contribution is 2.51. The highest BCUT2D eigenvalue weighted by Gasteiger charge is 2.42. The molecule has 0 N–H and O–H groups in total. The van der Waals surface area contributed by atoms with Gasteiger partial charge in [0.05, 0.1) is 0 Å². The fourth-order valence-electron chi connectivity index (χ4n) is 4.56. The number of anilines is 1. The maximum absolute atomic E-state index is 12.7. The monoisotopic (exact) mass is 373 g/mol.